The van der Waals surface area contributed by atoms with Gasteiger partial charge in [-0.3, -0.25) is 4.98 Å². The Morgan fingerprint density at radius 2 is 1.84 bits per heavy atom. The molecule has 0 radical (unpaired) electrons. The molecule has 0 spiro atoms. The molecule has 1 N–H and O–H groups in total. The van der Waals surface area contributed by atoms with Crippen LogP contribution in [-0.2, 0) is 6.54 Å². The summed E-state index contributed by atoms with van der Waals surface area (Å²) in [5.41, 5.74) is 4.43. The lowest BCUT2D eigenvalue weighted by Crippen LogP contribution is -2.15. The minimum Gasteiger partial charge on any atom is -0.313 e. The van der Waals surface area contributed by atoms with E-state index in [0.29, 0.717) is 0 Å². The minimum absolute atomic E-state index is 0.751. The zero-order valence-electron chi connectivity index (χ0n) is 11.4. The molecular formula is C16H19ClN2. The molecule has 1 aromatic heterocycles. The molecule has 1 heterocycles. The monoisotopic (exact) mass is 274 g/mol. The lowest BCUT2D eigenvalue weighted by atomic mass is 10.1. The smallest absolute Gasteiger partial charge is 0.0705 e. The number of aromatic nitrogens is 1. The lowest BCUT2D eigenvalue weighted by molar-refractivity contribution is 0.671. The first-order chi connectivity index (χ1) is 9.20. The first-order valence-corrected chi connectivity index (χ1v) is 7.01. The highest BCUT2D eigenvalue weighted by molar-refractivity contribution is 6.30. The van der Waals surface area contributed by atoms with E-state index < -0.39 is 0 Å². The van der Waals surface area contributed by atoms with Crippen LogP contribution in [0, 0.1) is 6.92 Å². The van der Waals surface area contributed by atoms with Crippen molar-refractivity contribution in [2.24, 2.45) is 0 Å². The van der Waals surface area contributed by atoms with E-state index in [2.05, 4.69) is 36.3 Å². The van der Waals surface area contributed by atoms with Crippen molar-refractivity contribution in [1.82, 2.24) is 10.3 Å². The molecule has 3 heteroatoms. The lowest BCUT2D eigenvalue weighted by Gasteiger charge is -2.09. The second kappa shape index (κ2) is 6.69. The van der Waals surface area contributed by atoms with Crippen LogP contribution in [0.2, 0.25) is 5.02 Å². The molecule has 2 rings (SSSR count). The molecule has 0 atom stereocenters. The van der Waals surface area contributed by atoms with Crippen molar-refractivity contribution in [2.45, 2.75) is 26.8 Å². The number of aryl methyl sites for hydroxylation is 1. The van der Waals surface area contributed by atoms with Gasteiger partial charge >= 0.3 is 0 Å². The SMILES string of the molecule is CCCNCc1ccc(-c2ccc(Cl)cc2)nc1C. The summed E-state index contributed by atoms with van der Waals surface area (Å²) >= 11 is 5.90. The Kier molecular flexibility index (Phi) is 4.94. The highest BCUT2D eigenvalue weighted by atomic mass is 35.5. The van der Waals surface area contributed by atoms with E-state index in [-0.39, 0.29) is 0 Å². The maximum absolute atomic E-state index is 5.90. The van der Waals surface area contributed by atoms with Crippen LogP contribution in [0.25, 0.3) is 11.3 Å². The Morgan fingerprint density at radius 1 is 1.11 bits per heavy atom. The van der Waals surface area contributed by atoms with E-state index in [1.165, 1.54) is 5.56 Å². The molecule has 0 aliphatic carbocycles. The van der Waals surface area contributed by atoms with Gasteiger partial charge in [0.05, 0.1) is 5.69 Å². The number of nitrogens with zero attached hydrogens (tertiary/aromatic N) is 1. The molecule has 19 heavy (non-hydrogen) atoms. The third kappa shape index (κ3) is 3.79. The average Bonchev–Trinajstić information content (AvgIpc) is 2.42. The molecule has 0 aliphatic rings. The molecule has 1 aromatic carbocycles. The summed E-state index contributed by atoms with van der Waals surface area (Å²) in [4.78, 5) is 4.67. The van der Waals surface area contributed by atoms with Crippen molar-refractivity contribution in [2.75, 3.05) is 6.54 Å². The van der Waals surface area contributed by atoms with Gasteiger partial charge in [-0.05, 0) is 43.7 Å². The van der Waals surface area contributed by atoms with Crippen LogP contribution in [-0.4, -0.2) is 11.5 Å². The molecular weight excluding hydrogens is 256 g/mol. The topological polar surface area (TPSA) is 24.9 Å². The Bertz CT molecular complexity index is 535. The second-order valence-electron chi connectivity index (χ2n) is 4.62. The van der Waals surface area contributed by atoms with Gasteiger partial charge in [0.2, 0.25) is 0 Å². The van der Waals surface area contributed by atoms with Gasteiger partial charge in [0.1, 0.15) is 0 Å². The Hall–Kier alpha value is -1.38. The Morgan fingerprint density at radius 3 is 2.47 bits per heavy atom. The third-order valence-corrected chi connectivity index (χ3v) is 3.33. The third-order valence-electron chi connectivity index (χ3n) is 3.08. The summed E-state index contributed by atoms with van der Waals surface area (Å²) in [6.07, 6.45) is 1.15. The highest BCUT2D eigenvalue weighted by Gasteiger charge is 2.03. The van der Waals surface area contributed by atoms with Gasteiger partial charge in [-0.15, -0.1) is 0 Å². The van der Waals surface area contributed by atoms with Crippen molar-refractivity contribution in [3.8, 4) is 11.3 Å². The van der Waals surface area contributed by atoms with Crippen molar-refractivity contribution >= 4 is 11.6 Å². The first kappa shape index (κ1) is 14.0. The zero-order valence-corrected chi connectivity index (χ0v) is 12.2. The number of pyridine rings is 1. The molecule has 0 amide bonds. The molecule has 100 valence electrons. The van der Waals surface area contributed by atoms with E-state index in [1.807, 2.05) is 24.3 Å². The standard InChI is InChI=1S/C16H19ClN2/c1-3-10-18-11-14-6-9-16(19-12(14)2)13-4-7-15(17)8-5-13/h4-9,18H,3,10-11H2,1-2H3. The van der Waals surface area contributed by atoms with Gasteiger partial charge in [0.25, 0.3) is 0 Å². The molecule has 2 nitrogen and oxygen atoms in total. The highest BCUT2D eigenvalue weighted by Crippen LogP contribution is 2.21. The number of nitrogens with one attached hydrogen (secondary N) is 1. The van der Waals surface area contributed by atoms with Crippen LogP contribution in [0.5, 0.6) is 0 Å². The summed E-state index contributed by atoms with van der Waals surface area (Å²) in [6.45, 7) is 6.15. The van der Waals surface area contributed by atoms with Crippen LogP contribution in [0.1, 0.15) is 24.6 Å². The number of halogens is 1. The fourth-order valence-corrected chi connectivity index (χ4v) is 2.08. The maximum Gasteiger partial charge on any atom is 0.0705 e. The summed E-state index contributed by atoms with van der Waals surface area (Å²) in [5, 5.41) is 4.15. The zero-order chi connectivity index (χ0) is 13.7. The van der Waals surface area contributed by atoms with E-state index in [1.54, 1.807) is 0 Å². The summed E-state index contributed by atoms with van der Waals surface area (Å²) < 4.78 is 0. The van der Waals surface area contributed by atoms with E-state index in [4.69, 9.17) is 11.6 Å². The minimum atomic E-state index is 0.751. The number of hydrogen-bond donors (Lipinski definition) is 1. The largest absolute Gasteiger partial charge is 0.313 e. The Labute approximate surface area is 119 Å². The molecule has 0 saturated heterocycles. The fourth-order valence-electron chi connectivity index (χ4n) is 1.96. The molecule has 0 aliphatic heterocycles. The van der Waals surface area contributed by atoms with Crippen molar-refractivity contribution in [3.05, 3.63) is 52.7 Å². The van der Waals surface area contributed by atoms with Crippen LogP contribution >= 0.6 is 11.6 Å². The molecule has 2 aromatic rings. The van der Waals surface area contributed by atoms with Gasteiger partial charge in [0, 0.05) is 22.8 Å². The number of rotatable bonds is 5. The van der Waals surface area contributed by atoms with Gasteiger partial charge in [-0.1, -0.05) is 36.7 Å². The summed E-state index contributed by atoms with van der Waals surface area (Å²) in [7, 11) is 0. The molecule has 0 saturated carbocycles. The fraction of sp³-hybridized carbons (Fsp3) is 0.312. The predicted octanol–water partition coefficient (Wildman–Crippen LogP) is 4.21. The van der Waals surface area contributed by atoms with E-state index in [9.17, 15) is 0 Å². The summed E-state index contributed by atoms with van der Waals surface area (Å²) in [6, 6.07) is 12.0. The van der Waals surface area contributed by atoms with Gasteiger partial charge in [-0.25, -0.2) is 0 Å². The van der Waals surface area contributed by atoms with Crippen molar-refractivity contribution in [1.29, 1.82) is 0 Å². The first-order valence-electron chi connectivity index (χ1n) is 6.64. The molecule has 0 unspecified atom stereocenters. The van der Waals surface area contributed by atoms with E-state index >= 15 is 0 Å². The number of benzene rings is 1. The van der Waals surface area contributed by atoms with Crippen molar-refractivity contribution < 1.29 is 0 Å². The van der Waals surface area contributed by atoms with E-state index in [0.717, 1.165) is 41.5 Å². The van der Waals surface area contributed by atoms with Crippen LogP contribution < -0.4 is 5.32 Å². The number of hydrogen-bond acceptors (Lipinski definition) is 2. The molecule has 0 bridgehead atoms. The van der Waals surface area contributed by atoms with Crippen LogP contribution in [0.3, 0.4) is 0 Å². The molecule has 0 fully saturated rings. The Balaban J connectivity index is 2.16. The average molecular weight is 275 g/mol. The maximum atomic E-state index is 5.90. The van der Waals surface area contributed by atoms with Crippen molar-refractivity contribution in [3.63, 3.8) is 0 Å². The normalized spacial score (nSPS) is 10.7. The van der Waals surface area contributed by atoms with Gasteiger partial charge in [0.15, 0.2) is 0 Å². The summed E-state index contributed by atoms with van der Waals surface area (Å²) in [5.74, 6) is 0. The van der Waals surface area contributed by atoms with Crippen LogP contribution in [0.4, 0.5) is 0 Å². The second-order valence-corrected chi connectivity index (χ2v) is 5.06. The van der Waals surface area contributed by atoms with Gasteiger partial charge < -0.3 is 5.32 Å². The van der Waals surface area contributed by atoms with Crippen LogP contribution in [0.15, 0.2) is 36.4 Å². The van der Waals surface area contributed by atoms with Gasteiger partial charge in [-0.2, -0.15) is 0 Å². The quantitative estimate of drug-likeness (QED) is 0.826. The predicted molar refractivity (Wildman–Crippen MR) is 81.4 cm³/mol.